The zero-order valence-electron chi connectivity index (χ0n) is 14.5. The number of ether oxygens (including phenoxy) is 1. The maximum absolute atomic E-state index is 11.5. The number of aliphatic hydroxyl groups is 1. The number of anilines is 2. The lowest BCUT2D eigenvalue weighted by Gasteiger charge is -2.26. The van der Waals surface area contributed by atoms with E-state index in [1.165, 1.54) is 11.8 Å². The van der Waals surface area contributed by atoms with E-state index in [1.54, 1.807) is 18.1 Å². The minimum Gasteiger partial charge on any atom is -0.378 e. The Labute approximate surface area is 155 Å². The number of nitrogens with two attached hydrogens (primary N) is 1. The first-order valence-electron chi connectivity index (χ1n) is 7.90. The van der Waals surface area contributed by atoms with Crippen LogP contribution in [0.2, 0.25) is 0 Å². The van der Waals surface area contributed by atoms with Crippen molar-refractivity contribution in [2.24, 2.45) is 0 Å². The molecule has 0 bridgehead atoms. The number of rotatable bonds is 9. The third kappa shape index (κ3) is 5.04. The Morgan fingerprint density at radius 2 is 2.08 bits per heavy atom. The van der Waals surface area contributed by atoms with Crippen LogP contribution in [0.25, 0.3) is 0 Å². The van der Waals surface area contributed by atoms with E-state index in [9.17, 15) is 15.2 Å². The van der Waals surface area contributed by atoms with Crippen molar-refractivity contribution in [2.45, 2.75) is 24.9 Å². The molecule has 9 nitrogen and oxygen atoms in total. The molecule has 0 saturated heterocycles. The molecule has 0 amide bonds. The number of aromatic nitrogens is 2. The first kappa shape index (κ1) is 19.9. The highest BCUT2D eigenvalue weighted by Gasteiger charge is 2.28. The van der Waals surface area contributed by atoms with Crippen molar-refractivity contribution in [1.82, 2.24) is 9.97 Å². The van der Waals surface area contributed by atoms with Gasteiger partial charge in [-0.15, -0.1) is 0 Å². The molecule has 1 unspecified atom stereocenters. The minimum absolute atomic E-state index is 0.00610. The first-order chi connectivity index (χ1) is 12.5. The van der Waals surface area contributed by atoms with Crippen molar-refractivity contribution >= 4 is 29.1 Å². The zero-order chi connectivity index (χ0) is 19.1. The molecule has 0 fully saturated rings. The summed E-state index contributed by atoms with van der Waals surface area (Å²) < 4.78 is 5.18. The summed E-state index contributed by atoms with van der Waals surface area (Å²) in [7, 11) is 0. The van der Waals surface area contributed by atoms with Crippen molar-refractivity contribution in [3.05, 3.63) is 46.0 Å². The van der Waals surface area contributed by atoms with Gasteiger partial charge in [0.2, 0.25) is 11.6 Å². The largest absolute Gasteiger partial charge is 0.378 e. The SMILES string of the molecule is CCOC(O)CN(Cc1ccccc1)c1nc(SC)nc(N)c1[N+](=O)[O-]. The third-order valence-electron chi connectivity index (χ3n) is 3.49. The second-order valence-corrected chi connectivity index (χ2v) is 6.07. The van der Waals surface area contributed by atoms with Gasteiger partial charge in [0.25, 0.3) is 0 Å². The lowest BCUT2D eigenvalue weighted by molar-refractivity contribution is -0.383. The van der Waals surface area contributed by atoms with Gasteiger partial charge in [-0.05, 0) is 18.7 Å². The highest BCUT2D eigenvalue weighted by molar-refractivity contribution is 7.98. The highest BCUT2D eigenvalue weighted by atomic mass is 32.2. The molecule has 0 spiro atoms. The predicted octanol–water partition coefficient (Wildman–Crippen LogP) is 2.05. The first-order valence-corrected chi connectivity index (χ1v) is 9.13. The smallest absolute Gasteiger partial charge is 0.353 e. The molecule has 10 heteroatoms. The molecule has 26 heavy (non-hydrogen) atoms. The van der Waals surface area contributed by atoms with Crippen LogP contribution in [0.4, 0.5) is 17.3 Å². The quantitative estimate of drug-likeness (QED) is 0.221. The fraction of sp³-hybridized carbons (Fsp3) is 0.375. The van der Waals surface area contributed by atoms with Gasteiger partial charge in [-0.3, -0.25) is 10.1 Å². The molecule has 2 rings (SSSR count). The molecule has 1 atom stereocenters. The molecule has 3 N–H and O–H groups in total. The lowest BCUT2D eigenvalue weighted by atomic mass is 10.2. The van der Waals surface area contributed by atoms with Gasteiger partial charge >= 0.3 is 5.69 Å². The second kappa shape index (κ2) is 9.32. The average Bonchev–Trinajstić information content (AvgIpc) is 2.61. The Morgan fingerprint density at radius 3 is 2.65 bits per heavy atom. The summed E-state index contributed by atoms with van der Waals surface area (Å²) in [6.45, 7) is 2.34. The summed E-state index contributed by atoms with van der Waals surface area (Å²) in [4.78, 5) is 20.7. The molecule has 0 aliphatic heterocycles. The van der Waals surface area contributed by atoms with Gasteiger partial charge < -0.3 is 20.5 Å². The van der Waals surface area contributed by atoms with Crippen molar-refractivity contribution in [3.63, 3.8) is 0 Å². The van der Waals surface area contributed by atoms with Crippen LogP contribution in [0.1, 0.15) is 12.5 Å². The van der Waals surface area contributed by atoms with Crippen LogP contribution in [0, 0.1) is 10.1 Å². The van der Waals surface area contributed by atoms with Gasteiger partial charge in [0.15, 0.2) is 11.4 Å². The van der Waals surface area contributed by atoms with Gasteiger partial charge in [-0.25, -0.2) is 0 Å². The number of benzene rings is 1. The Hall–Kier alpha value is -2.43. The van der Waals surface area contributed by atoms with E-state index in [1.807, 2.05) is 30.3 Å². The molecule has 0 saturated carbocycles. The highest BCUT2D eigenvalue weighted by Crippen LogP contribution is 2.33. The maximum Gasteiger partial charge on any atom is 0.353 e. The molecule has 0 aliphatic carbocycles. The van der Waals surface area contributed by atoms with Crippen LogP contribution < -0.4 is 10.6 Å². The third-order valence-corrected chi connectivity index (χ3v) is 4.04. The van der Waals surface area contributed by atoms with Gasteiger partial charge in [-0.2, -0.15) is 9.97 Å². The molecule has 1 aromatic heterocycles. The van der Waals surface area contributed by atoms with Crippen molar-refractivity contribution in [3.8, 4) is 0 Å². The van der Waals surface area contributed by atoms with Gasteiger partial charge in [-0.1, -0.05) is 42.1 Å². The van der Waals surface area contributed by atoms with Crippen molar-refractivity contribution < 1.29 is 14.8 Å². The number of nitrogen functional groups attached to an aromatic ring is 1. The van der Waals surface area contributed by atoms with E-state index < -0.39 is 11.2 Å². The molecular weight excluding hydrogens is 358 g/mol. The minimum atomic E-state index is -1.13. The summed E-state index contributed by atoms with van der Waals surface area (Å²) in [6.07, 6.45) is 0.623. The van der Waals surface area contributed by atoms with E-state index >= 15 is 0 Å². The molecule has 1 heterocycles. The number of aliphatic hydroxyl groups excluding tert-OH is 1. The standard InChI is InChI=1S/C16H21N5O4S/c1-3-25-12(22)10-20(9-11-7-5-4-6-8-11)15-13(21(23)24)14(17)18-16(19-15)26-2/h4-8,12,22H,3,9-10H2,1-2H3,(H2,17,18,19). The van der Waals surface area contributed by atoms with Crippen LogP contribution in [-0.2, 0) is 11.3 Å². The van der Waals surface area contributed by atoms with Crippen LogP contribution in [-0.4, -0.2) is 45.7 Å². The second-order valence-electron chi connectivity index (χ2n) is 5.30. The van der Waals surface area contributed by atoms with Gasteiger partial charge in [0.05, 0.1) is 11.5 Å². The van der Waals surface area contributed by atoms with Gasteiger partial charge in [0, 0.05) is 13.2 Å². The Balaban J connectivity index is 2.49. The summed E-state index contributed by atoms with van der Waals surface area (Å²) in [5.74, 6) is -0.164. The molecular formula is C16H21N5O4S. The van der Waals surface area contributed by atoms with E-state index in [-0.39, 0.29) is 30.4 Å². The molecule has 0 radical (unpaired) electrons. The topological polar surface area (TPSA) is 128 Å². The summed E-state index contributed by atoms with van der Waals surface area (Å²) >= 11 is 1.23. The average molecular weight is 379 g/mol. The van der Waals surface area contributed by atoms with Crippen molar-refractivity contribution in [1.29, 1.82) is 0 Å². The van der Waals surface area contributed by atoms with E-state index in [2.05, 4.69) is 9.97 Å². The van der Waals surface area contributed by atoms with Crippen LogP contribution in [0.15, 0.2) is 35.5 Å². The monoisotopic (exact) mass is 379 g/mol. The van der Waals surface area contributed by atoms with Crippen LogP contribution >= 0.6 is 11.8 Å². The maximum atomic E-state index is 11.5. The summed E-state index contributed by atoms with van der Waals surface area (Å²) in [5.41, 5.74) is 6.30. The van der Waals surface area contributed by atoms with E-state index in [4.69, 9.17) is 10.5 Å². The zero-order valence-corrected chi connectivity index (χ0v) is 15.3. The van der Waals surface area contributed by atoms with Crippen LogP contribution in [0.5, 0.6) is 0 Å². The predicted molar refractivity (Wildman–Crippen MR) is 100 cm³/mol. The number of nitro groups is 1. The van der Waals surface area contributed by atoms with E-state index in [0.29, 0.717) is 11.8 Å². The van der Waals surface area contributed by atoms with E-state index in [0.717, 1.165) is 5.56 Å². The van der Waals surface area contributed by atoms with Gasteiger partial charge in [0.1, 0.15) is 0 Å². The molecule has 2 aromatic rings. The van der Waals surface area contributed by atoms with Crippen molar-refractivity contribution in [2.75, 3.05) is 30.0 Å². The number of nitrogens with zero attached hydrogens (tertiary/aromatic N) is 4. The number of hydrogen-bond acceptors (Lipinski definition) is 9. The Bertz CT molecular complexity index is 747. The Kier molecular flexibility index (Phi) is 7.13. The van der Waals surface area contributed by atoms with Crippen LogP contribution in [0.3, 0.4) is 0 Å². The number of hydrogen-bond donors (Lipinski definition) is 2. The number of thioether (sulfide) groups is 1. The molecule has 140 valence electrons. The normalized spacial score (nSPS) is 12.0. The Morgan fingerprint density at radius 1 is 1.38 bits per heavy atom. The lowest BCUT2D eigenvalue weighted by Crippen LogP contribution is -2.35. The molecule has 0 aliphatic rings. The summed E-state index contributed by atoms with van der Waals surface area (Å²) in [6, 6.07) is 9.36. The summed E-state index contributed by atoms with van der Waals surface area (Å²) in [5, 5.41) is 21.9. The fourth-order valence-corrected chi connectivity index (χ4v) is 2.76. The fourth-order valence-electron chi connectivity index (χ4n) is 2.39. The molecule has 1 aromatic carbocycles.